The summed E-state index contributed by atoms with van der Waals surface area (Å²) in [6.07, 6.45) is 1.18. The Hall–Kier alpha value is -0.670. The molecule has 1 aliphatic rings. The van der Waals surface area contributed by atoms with Gasteiger partial charge in [0.25, 0.3) is 0 Å². The Morgan fingerprint density at radius 2 is 2.18 bits per heavy atom. The second-order valence-corrected chi connectivity index (χ2v) is 5.94. The van der Waals surface area contributed by atoms with Crippen LogP contribution in [0.2, 0.25) is 5.02 Å². The molecule has 4 heteroatoms. The standard InChI is InChI=1S/C13H17ClN2S/c1-3-12-8-15-13(17-12)16-9(2)10-4-6-11(14)7-5-10/h4-7,9,12H,3,8H2,1-2H3,(H,15,16). The number of nitrogens with one attached hydrogen (secondary N) is 1. The van der Waals surface area contributed by atoms with Gasteiger partial charge in [-0.3, -0.25) is 4.99 Å². The van der Waals surface area contributed by atoms with Crippen LogP contribution in [0.25, 0.3) is 0 Å². The van der Waals surface area contributed by atoms with Gasteiger partial charge < -0.3 is 5.32 Å². The van der Waals surface area contributed by atoms with Crippen LogP contribution in [0.3, 0.4) is 0 Å². The molecular weight excluding hydrogens is 252 g/mol. The lowest BCUT2D eigenvalue weighted by Gasteiger charge is -2.15. The first kappa shape index (κ1) is 12.8. The Kier molecular flexibility index (Phi) is 4.35. The van der Waals surface area contributed by atoms with Crippen molar-refractivity contribution in [3.05, 3.63) is 34.9 Å². The van der Waals surface area contributed by atoms with Gasteiger partial charge in [-0.1, -0.05) is 42.4 Å². The molecule has 0 saturated heterocycles. The van der Waals surface area contributed by atoms with E-state index in [4.69, 9.17) is 11.6 Å². The van der Waals surface area contributed by atoms with E-state index in [2.05, 4.69) is 36.3 Å². The van der Waals surface area contributed by atoms with Gasteiger partial charge in [0.05, 0.1) is 12.6 Å². The van der Waals surface area contributed by atoms with Crippen LogP contribution in [0, 0.1) is 0 Å². The summed E-state index contributed by atoms with van der Waals surface area (Å²) in [5.41, 5.74) is 1.23. The fourth-order valence-electron chi connectivity index (χ4n) is 1.73. The summed E-state index contributed by atoms with van der Waals surface area (Å²) in [7, 11) is 0. The second kappa shape index (κ2) is 5.78. The zero-order valence-electron chi connectivity index (χ0n) is 10.1. The largest absolute Gasteiger partial charge is 0.358 e. The summed E-state index contributed by atoms with van der Waals surface area (Å²) in [5, 5.41) is 5.94. The minimum absolute atomic E-state index is 0.272. The van der Waals surface area contributed by atoms with Gasteiger partial charge in [-0.25, -0.2) is 0 Å². The fraction of sp³-hybridized carbons (Fsp3) is 0.462. The Bertz CT molecular complexity index is 402. The number of benzene rings is 1. The van der Waals surface area contributed by atoms with E-state index in [0.29, 0.717) is 5.25 Å². The summed E-state index contributed by atoms with van der Waals surface area (Å²) in [5.74, 6) is 0. The third-order valence-electron chi connectivity index (χ3n) is 2.88. The lowest BCUT2D eigenvalue weighted by molar-refractivity contribution is 0.722. The molecule has 0 spiro atoms. The summed E-state index contributed by atoms with van der Waals surface area (Å²) >= 11 is 7.73. The molecule has 92 valence electrons. The first-order valence-electron chi connectivity index (χ1n) is 5.92. The molecular formula is C13H17ClN2S. The lowest BCUT2D eigenvalue weighted by atomic mass is 10.1. The smallest absolute Gasteiger partial charge is 0.157 e. The highest BCUT2D eigenvalue weighted by atomic mass is 35.5. The molecule has 1 aliphatic heterocycles. The molecule has 17 heavy (non-hydrogen) atoms. The van der Waals surface area contributed by atoms with Gasteiger partial charge in [0, 0.05) is 10.3 Å². The maximum absolute atomic E-state index is 5.88. The Morgan fingerprint density at radius 3 is 2.76 bits per heavy atom. The Balaban J connectivity index is 1.93. The highest BCUT2D eigenvalue weighted by Crippen LogP contribution is 2.24. The molecule has 0 saturated carbocycles. The predicted molar refractivity (Wildman–Crippen MR) is 77.0 cm³/mol. The van der Waals surface area contributed by atoms with Gasteiger partial charge in [-0.05, 0) is 31.0 Å². The Morgan fingerprint density at radius 1 is 1.47 bits per heavy atom. The van der Waals surface area contributed by atoms with Gasteiger partial charge >= 0.3 is 0 Å². The van der Waals surface area contributed by atoms with Crippen molar-refractivity contribution in [1.29, 1.82) is 0 Å². The molecule has 1 aromatic carbocycles. The highest BCUT2D eigenvalue weighted by Gasteiger charge is 2.19. The quantitative estimate of drug-likeness (QED) is 0.900. The molecule has 0 aromatic heterocycles. The molecule has 2 nitrogen and oxygen atoms in total. The van der Waals surface area contributed by atoms with Gasteiger partial charge in [-0.2, -0.15) is 0 Å². The van der Waals surface area contributed by atoms with Crippen molar-refractivity contribution in [1.82, 2.24) is 5.32 Å². The van der Waals surface area contributed by atoms with Crippen LogP contribution in [0.15, 0.2) is 29.3 Å². The zero-order valence-corrected chi connectivity index (χ0v) is 11.7. The molecule has 0 bridgehead atoms. The van der Waals surface area contributed by atoms with Crippen LogP contribution < -0.4 is 5.32 Å². The Labute approximate surface area is 112 Å². The van der Waals surface area contributed by atoms with Crippen molar-refractivity contribution in [2.24, 2.45) is 4.99 Å². The van der Waals surface area contributed by atoms with E-state index in [1.54, 1.807) is 0 Å². The molecule has 0 amide bonds. The van der Waals surface area contributed by atoms with Crippen molar-refractivity contribution in [2.45, 2.75) is 31.6 Å². The average molecular weight is 269 g/mol. The van der Waals surface area contributed by atoms with Crippen LogP contribution in [-0.4, -0.2) is 17.0 Å². The third kappa shape index (κ3) is 3.39. The van der Waals surface area contributed by atoms with Crippen molar-refractivity contribution in [3.63, 3.8) is 0 Å². The first-order valence-corrected chi connectivity index (χ1v) is 7.18. The van der Waals surface area contributed by atoms with E-state index in [-0.39, 0.29) is 6.04 Å². The van der Waals surface area contributed by atoms with E-state index in [9.17, 15) is 0 Å². The number of thioether (sulfide) groups is 1. The SMILES string of the molecule is CCC1CN=C(NC(C)c2ccc(Cl)cc2)S1. The predicted octanol–water partition coefficient (Wildman–Crippen LogP) is 3.87. The fourth-order valence-corrected chi connectivity index (χ4v) is 2.88. The maximum Gasteiger partial charge on any atom is 0.157 e. The van der Waals surface area contributed by atoms with Crippen molar-refractivity contribution < 1.29 is 0 Å². The number of aliphatic imine (C=N–C) groups is 1. The number of nitrogens with zero attached hydrogens (tertiary/aromatic N) is 1. The van der Waals surface area contributed by atoms with E-state index in [0.717, 1.165) is 16.7 Å². The molecule has 2 unspecified atom stereocenters. The lowest BCUT2D eigenvalue weighted by Crippen LogP contribution is -2.23. The van der Waals surface area contributed by atoms with Gasteiger partial charge in [-0.15, -0.1) is 0 Å². The molecule has 0 radical (unpaired) electrons. The molecule has 1 heterocycles. The zero-order chi connectivity index (χ0) is 12.3. The van der Waals surface area contributed by atoms with Crippen LogP contribution in [0.5, 0.6) is 0 Å². The van der Waals surface area contributed by atoms with E-state index >= 15 is 0 Å². The summed E-state index contributed by atoms with van der Waals surface area (Å²) in [4.78, 5) is 4.51. The summed E-state index contributed by atoms with van der Waals surface area (Å²) in [6.45, 7) is 5.29. The van der Waals surface area contributed by atoms with Crippen molar-refractivity contribution >= 4 is 28.5 Å². The van der Waals surface area contributed by atoms with Crippen LogP contribution in [0.4, 0.5) is 0 Å². The van der Waals surface area contributed by atoms with Crippen LogP contribution >= 0.6 is 23.4 Å². The third-order valence-corrected chi connectivity index (χ3v) is 4.42. The number of hydrogen-bond donors (Lipinski definition) is 1. The average Bonchev–Trinajstić information content (AvgIpc) is 2.77. The number of rotatable bonds is 3. The maximum atomic E-state index is 5.88. The van der Waals surface area contributed by atoms with Gasteiger partial charge in [0.1, 0.15) is 0 Å². The van der Waals surface area contributed by atoms with E-state index in [1.807, 2.05) is 23.9 Å². The highest BCUT2D eigenvalue weighted by molar-refractivity contribution is 8.14. The summed E-state index contributed by atoms with van der Waals surface area (Å²) < 4.78 is 0. The minimum atomic E-state index is 0.272. The van der Waals surface area contributed by atoms with E-state index in [1.165, 1.54) is 12.0 Å². The van der Waals surface area contributed by atoms with Crippen LogP contribution in [-0.2, 0) is 0 Å². The van der Waals surface area contributed by atoms with Gasteiger partial charge in [0.2, 0.25) is 0 Å². The molecule has 0 aliphatic carbocycles. The van der Waals surface area contributed by atoms with E-state index < -0.39 is 0 Å². The normalized spacial score (nSPS) is 21.1. The number of hydrogen-bond acceptors (Lipinski definition) is 3. The molecule has 2 atom stereocenters. The second-order valence-electron chi connectivity index (χ2n) is 4.21. The monoisotopic (exact) mass is 268 g/mol. The van der Waals surface area contributed by atoms with Crippen molar-refractivity contribution in [2.75, 3.05) is 6.54 Å². The number of amidine groups is 1. The topological polar surface area (TPSA) is 24.4 Å². The number of halogens is 1. The van der Waals surface area contributed by atoms with Gasteiger partial charge in [0.15, 0.2) is 5.17 Å². The van der Waals surface area contributed by atoms with Crippen molar-refractivity contribution in [3.8, 4) is 0 Å². The molecule has 1 N–H and O–H groups in total. The first-order chi connectivity index (χ1) is 8.19. The molecule has 1 aromatic rings. The molecule has 2 rings (SSSR count). The molecule has 0 fully saturated rings. The summed E-state index contributed by atoms with van der Waals surface area (Å²) in [6, 6.07) is 8.23. The minimum Gasteiger partial charge on any atom is -0.358 e. The van der Waals surface area contributed by atoms with Crippen LogP contribution in [0.1, 0.15) is 31.9 Å².